The zero-order chi connectivity index (χ0) is 15.0. The minimum atomic E-state index is -3.59. The molecule has 21 heavy (non-hydrogen) atoms. The summed E-state index contributed by atoms with van der Waals surface area (Å²) < 4.78 is 29.2. The summed E-state index contributed by atoms with van der Waals surface area (Å²) in [6, 6.07) is 7.40. The van der Waals surface area contributed by atoms with Gasteiger partial charge in [-0.25, -0.2) is 13.1 Å². The van der Waals surface area contributed by atoms with Crippen LogP contribution in [0, 0.1) is 5.92 Å². The maximum Gasteiger partial charge on any atom is 0.242 e. The SMILES string of the molecule is CC1CCC(NS(=O)(=O)c2c(CO)sc3ccccc23)C1. The van der Waals surface area contributed by atoms with Crippen LogP contribution >= 0.6 is 11.3 Å². The van der Waals surface area contributed by atoms with Gasteiger partial charge in [0.05, 0.1) is 11.5 Å². The Labute approximate surface area is 128 Å². The second-order valence-corrected chi connectivity index (χ2v) is 8.53. The first-order valence-corrected chi connectivity index (χ1v) is 9.45. The monoisotopic (exact) mass is 325 g/mol. The Bertz CT molecular complexity index is 751. The van der Waals surface area contributed by atoms with Gasteiger partial charge in [-0.2, -0.15) is 0 Å². The third kappa shape index (κ3) is 2.85. The number of aliphatic hydroxyl groups is 1. The lowest BCUT2D eigenvalue weighted by molar-refractivity contribution is 0.282. The van der Waals surface area contributed by atoms with Crippen LogP contribution in [0.25, 0.3) is 10.1 Å². The van der Waals surface area contributed by atoms with E-state index in [-0.39, 0.29) is 17.5 Å². The standard InChI is InChI=1S/C15H19NO3S2/c1-10-6-7-11(8-10)16-21(18,19)15-12-4-2-3-5-13(12)20-14(15)9-17/h2-5,10-11,16-17H,6-9H2,1H3. The van der Waals surface area contributed by atoms with Crippen LogP contribution in [0.1, 0.15) is 31.1 Å². The maximum atomic E-state index is 12.7. The average molecular weight is 325 g/mol. The molecule has 2 unspecified atom stereocenters. The molecular weight excluding hydrogens is 306 g/mol. The quantitative estimate of drug-likeness (QED) is 0.908. The highest BCUT2D eigenvalue weighted by molar-refractivity contribution is 7.90. The highest BCUT2D eigenvalue weighted by atomic mass is 32.2. The van der Waals surface area contributed by atoms with Gasteiger partial charge in [0.2, 0.25) is 10.0 Å². The van der Waals surface area contributed by atoms with Gasteiger partial charge in [-0.3, -0.25) is 0 Å². The molecule has 2 aromatic rings. The van der Waals surface area contributed by atoms with Crippen molar-refractivity contribution in [3.05, 3.63) is 29.1 Å². The number of sulfonamides is 1. The first-order valence-electron chi connectivity index (χ1n) is 7.15. The average Bonchev–Trinajstić information content (AvgIpc) is 3.01. The summed E-state index contributed by atoms with van der Waals surface area (Å²) in [6.45, 7) is 1.89. The van der Waals surface area contributed by atoms with Crippen molar-refractivity contribution < 1.29 is 13.5 Å². The lowest BCUT2D eigenvalue weighted by atomic mass is 10.1. The highest BCUT2D eigenvalue weighted by Gasteiger charge is 2.30. The normalized spacial score (nSPS) is 23.0. The molecule has 2 N–H and O–H groups in total. The molecule has 4 nitrogen and oxygen atoms in total. The fraction of sp³-hybridized carbons (Fsp3) is 0.467. The number of thiophene rings is 1. The molecule has 0 amide bonds. The molecule has 1 aliphatic carbocycles. The summed E-state index contributed by atoms with van der Waals surface area (Å²) in [4.78, 5) is 0.764. The van der Waals surface area contributed by atoms with Gasteiger partial charge in [-0.1, -0.05) is 25.1 Å². The van der Waals surface area contributed by atoms with Gasteiger partial charge in [0.25, 0.3) is 0 Å². The molecule has 114 valence electrons. The third-order valence-electron chi connectivity index (χ3n) is 4.05. The molecule has 1 aromatic carbocycles. The van der Waals surface area contributed by atoms with E-state index in [0.717, 1.165) is 24.0 Å². The Morgan fingerprint density at radius 2 is 2.10 bits per heavy atom. The molecule has 6 heteroatoms. The molecule has 2 atom stereocenters. The second-order valence-electron chi connectivity index (χ2n) is 5.75. The van der Waals surface area contributed by atoms with Gasteiger partial charge in [0, 0.05) is 16.1 Å². The van der Waals surface area contributed by atoms with Gasteiger partial charge in [0.1, 0.15) is 4.90 Å². The summed E-state index contributed by atoms with van der Waals surface area (Å²) in [5.74, 6) is 0.564. The number of aliphatic hydroxyl groups excluding tert-OH is 1. The lowest BCUT2D eigenvalue weighted by Crippen LogP contribution is -2.33. The van der Waals surface area contributed by atoms with Crippen LogP contribution in [0.2, 0.25) is 0 Å². The molecule has 1 aromatic heterocycles. The molecule has 0 saturated heterocycles. The zero-order valence-corrected chi connectivity index (χ0v) is 13.5. The van der Waals surface area contributed by atoms with Crippen molar-refractivity contribution >= 4 is 31.4 Å². The van der Waals surface area contributed by atoms with Crippen molar-refractivity contribution in [1.82, 2.24) is 4.72 Å². The number of fused-ring (bicyclic) bond motifs is 1. The second kappa shape index (κ2) is 5.68. The van der Waals surface area contributed by atoms with Crippen LogP contribution < -0.4 is 4.72 Å². The molecule has 0 radical (unpaired) electrons. The summed E-state index contributed by atoms with van der Waals surface area (Å²) in [7, 11) is -3.59. The van der Waals surface area contributed by atoms with Crippen molar-refractivity contribution in [1.29, 1.82) is 0 Å². The fourth-order valence-electron chi connectivity index (χ4n) is 3.06. The Morgan fingerprint density at radius 3 is 2.76 bits per heavy atom. The minimum absolute atomic E-state index is 0.00945. The fourth-order valence-corrected chi connectivity index (χ4v) is 6.14. The first-order chi connectivity index (χ1) is 10.0. The van der Waals surface area contributed by atoms with Crippen LogP contribution in [0.5, 0.6) is 0 Å². The van der Waals surface area contributed by atoms with E-state index in [0.29, 0.717) is 16.2 Å². The predicted molar refractivity (Wildman–Crippen MR) is 84.9 cm³/mol. The Balaban J connectivity index is 2.01. The van der Waals surface area contributed by atoms with E-state index in [9.17, 15) is 13.5 Å². The Kier molecular flexibility index (Phi) is 4.05. The minimum Gasteiger partial charge on any atom is -0.391 e. The van der Waals surface area contributed by atoms with E-state index < -0.39 is 10.0 Å². The van der Waals surface area contributed by atoms with Gasteiger partial charge < -0.3 is 5.11 Å². The van der Waals surface area contributed by atoms with Gasteiger partial charge >= 0.3 is 0 Å². The summed E-state index contributed by atoms with van der Waals surface area (Å²) in [5, 5.41) is 10.2. The van der Waals surface area contributed by atoms with E-state index in [1.807, 2.05) is 18.2 Å². The zero-order valence-electron chi connectivity index (χ0n) is 11.9. The van der Waals surface area contributed by atoms with E-state index in [2.05, 4.69) is 11.6 Å². The number of benzene rings is 1. The summed E-state index contributed by atoms with van der Waals surface area (Å²) >= 11 is 1.34. The molecule has 1 heterocycles. The van der Waals surface area contributed by atoms with Crippen molar-refractivity contribution in [3.8, 4) is 0 Å². The Morgan fingerprint density at radius 1 is 1.33 bits per heavy atom. The molecule has 0 spiro atoms. The van der Waals surface area contributed by atoms with Crippen molar-refractivity contribution in [2.45, 2.75) is 43.7 Å². The van der Waals surface area contributed by atoms with E-state index in [1.165, 1.54) is 11.3 Å². The molecule has 1 fully saturated rings. The highest BCUT2D eigenvalue weighted by Crippen LogP contribution is 2.35. The van der Waals surface area contributed by atoms with Crippen LogP contribution in [0.4, 0.5) is 0 Å². The first kappa shape index (κ1) is 15.0. The number of nitrogens with one attached hydrogen (secondary N) is 1. The maximum absolute atomic E-state index is 12.7. The topological polar surface area (TPSA) is 66.4 Å². The van der Waals surface area contributed by atoms with Crippen molar-refractivity contribution in [2.75, 3.05) is 0 Å². The van der Waals surface area contributed by atoms with Crippen LogP contribution in [0.15, 0.2) is 29.2 Å². The van der Waals surface area contributed by atoms with Crippen LogP contribution in [-0.2, 0) is 16.6 Å². The number of hydrogen-bond donors (Lipinski definition) is 2. The lowest BCUT2D eigenvalue weighted by Gasteiger charge is -2.13. The van der Waals surface area contributed by atoms with Crippen molar-refractivity contribution in [2.24, 2.45) is 5.92 Å². The molecular formula is C15H19NO3S2. The van der Waals surface area contributed by atoms with E-state index in [1.54, 1.807) is 6.07 Å². The van der Waals surface area contributed by atoms with E-state index in [4.69, 9.17) is 0 Å². The van der Waals surface area contributed by atoms with Crippen molar-refractivity contribution in [3.63, 3.8) is 0 Å². The molecule has 3 rings (SSSR count). The number of rotatable bonds is 4. The molecule has 1 saturated carbocycles. The summed E-state index contributed by atoms with van der Waals surface area (Å²) in [6.07, 6.45) is 2.83. The van der Waals surface area contributed by atoms with Gasteiger partial charge in [0.15, 0.2) is 0 Å². The third-order valence-corrected chi connectivity index (χ3v) is 6.98. The largest absolute Gasteiger partial charge is 0.391 e. The summed E-state index contributed by atoms with van der Waals surface area (Å²) in [5.41, 5.74) is 0. The number of hydrogen-bond acceptors (Lipinski definition) is 4. The van der Waals surface area contributed by atoms with Gasteiger partial charge in [-0.15, -0.1) is 11.3 Å². The van der Waals surface area contributed by atoms with Crippen LogP contribution in [0.3, 0.4) is 0 Å². The Hall–Kier alpha value is -0.950. The molecule has 0 aliphatic heterocycles. The molecule has 0 bridgehead atoms. The predicted octanol–water partition coefficient (Wildman–Crippen LogP) is 2.86. The smallest absolute Gasteiger partial charge is 0.242 e. The van der Waals surface area contributed by atoms with Gasteiger partial charge in [-0.05, 0) is 31.2 Å². The van der Waals surface area contributed by atoms with Crippen LogP contribution in [-0.4, -0.2) is 19.6 Å². The molecule has 1 aliphatic rings. The van der Waals surface area contributed by atoms with E-state index >= 15 is 0 Å².